The molecule has 9 heterocycles. The summed E-state index contributed by atoms with van der Waals surface area (Å²) in [6.45, 7) is 9.81. The Balaban J connectivity index is 0.678. The summed E-state index contributed by atoms with van der Waals surface area (Å²) in [6.07, 6.45) is 18.6. The molecule has 2 spiro atoms. The summed E-state index contributed by atoms with van der Waals surface area (Å²) >= 11 is 0. The summed E-state index contributed by atoms with van der Waals surface area (Å²) in [5.41, 5.74) is 5.84. The van der Waals surface area contributed by atoms with Gasteiger partial charge in [0.2, 0.25) is 29.5 Å². The number of imidazole rings is 1. The highest BCUT2D eigenvalue weighted by molar-refractivity contribution is 6.09. The standard InChI is InChI=1S/C57H71N11O5/c1-35(2)66-34-59-46-31-45(61-51(50(46)66)60-40-8-9-40)37-6-11-44-47(28-37)68(42-29-41(30-42)63-21-4-3-5-22-63)55(73)57(44)19-26-65(27-20-57)53(71)38-16-25-67(56(32-38)17-18-56)54(72)36-14-23-64(24-15-36)48-12-7-39(33-58-48)43-10-13-49(69)62-52(43)70/h6-7,11-12,28,31,33-36,38,40-43H,3-5,8-10,13-27,29-30,32H2,1-2H3,(H,60,61)(H,62,69,70). The second-order valence-electron chi connectivity index (χ2n) is 23.7. The first-order valence-electron chi connectivity index (χ1n) is 28.0. The quantitative estimate of drug-likeness (QED) is 0.156. The van der Waals surface area contributed by atoms with E-state index >= 15 is 4.79 Å². The average molecular weight is 990 g/mol. The largest absolute Gasteiger partial charge is 0.366 e. The molecule has 2 N–H and O–H groups in total. The Bertz CT molecular complexity index is 2840. The lowest BCUT2D eigenvalue weighted by Crippen LogP contribution is -2.59. The average Bonchev–Trinajstić information content (AvgIpc) is 4.32. The fraction of sp³-hybridized carbons (Fsp3) is 0.614. The Hall–Kier alpha value is -5.90. The van der Waals surface area contributed by atoms with E-state index in [1.807, 2.05) is 23.4 Å². The normalized spacial score (nSPS) is 27.2. The zero-order valence-electron chi connectivity index (χ0n) is 42.7. The number of fused-ring (bicyclic) bond motifs is 3. The summed E-state index contributed by atoms with van der Waals surface area (Å²) < 4.78 is 2.20. The maximum atomic E-state index is 15.3. The number of amides is 5. The molecule has 73 heavy (non-hydrogen) atoms. The summed E-state index contributed by atoms with van der Waals surface area (Å²) in [5, 5.41) is 6.15. The number of likely N-dealkylation sites (tertiary alicyclic amines) is 3. The number of carbonyl (C=O) groups excluding carboxylic acids is 5. The van der Waals surface area contributed by atoms with E-state index in [4.69, 9.17) is 15.0 Å². The van der Waals surface area contributed by atoms with Gasteiger partial charge in [-0.2, -0.15) is 0 Å². The molecule has 384 valence electrons. The molecule has 6 aliphatic heterocycles. The molecule has 9 aliphatic rings. The molecule has 4 aromatic rings. The molecule has 5 saturated heterocycles. The molecule has 5 amide bonds. The molecular formula is C57H71N11O5. The number of pyridine rings is 2. The molecule has 3 saturated carbocycles. The van der Waals surface area contributed by atoms with Crippen LogP contribution in [0.3, 0.4) is 0 Å². The van der Waals surface area contributed by atoms with Crippen LogP contribution < -0.4 is 20.4 Å². The van der Waals surface area contributed by atoms with E-state index < -0.39 is 5.41 Å². The van der Waals surface area contributed by atoms with Gasteiger partial charge in [-0.15, -0.1) is 0 Å². The molecule has 8 fully saturated rings. The van der Waals surface area contributed by atoms with Crippen molar-refractivity contribution in [2.75, 3.05) is 60.9 Å². The number of carbonyl (C=O) groups is 5. The van der Waals surface area contributed by atoms with Crippen molar-refractivity contribution < 1.29 is 24.0 Å². The number of rotatable bonds is 10. The van der Waals surface area contributed by atoms with Crippen molar-refractivity contribution in [2.45, 2.75) is 164 Å². The summed E-state index contributed by atoms with van der Waals surface area (Å²) in [5.74, 6) is 1.31. The van der Waals surface area contributed by atoms with Crippen LogP contribution in [0.2, 0.25) is 0 Å². The van der Waals surface area contributed by atoms with Crippen LogP contribution >= 0.6 is 0 Å². The van der Waals surface area contributed by atoms with Crippen molar-refractivity contribution in [2.24, 2.45) is 11.8 Å². The third-order valence-corrected chi connectivity index (χ3v) is 18.9. The fourth-order valence-electron chi connectivity index (χ4n) is 14.2. The highest BCUT2D eigenvalue weighted by Gasteiger charge is 2.58. The highest BCUT2D eigenvalue weighted by Crippen LogP contribution is 2.54. The maximum absolute atomic E-state index is 15.3. The number of hydrogen-bond acceptors (Lipinski definition) is 11. The van der Waals surface area contributed by atoms with Gasteiger partial charge < -0.3 is 34.4 Å². The van der Waals surface area contributed by atoms with Crippen LogP contribution in [0, 0.1) is 11.8 Å². The number of imide groups is 1. The topological polar surface area (TPSA) is 169 Å². The monoisotopic (exact) mass is 990 g/mol. The van der Waals surface area contributed by atoms with Gasteiger partial charge in [-0.25, -0.2) is 15.0 Å². The predicted octanol–water partition coefficient (Wildman–Crippen LogP) is 7.08. The second-order valence-corrected chi connectivity index (χ2v) is 23.7. The van der Waals surface area contributed by atoms with E-state index in [0.717, 1.165) is 135 Å². The van der Waals surface area contributed by atoms with E-state index in [1.165, 1.54) is 19.3 Å². The van der Waals surface area contributed by atoms with Gasteiger partial charge in [-0.1, -0.05) is 24.6 Å². The molecule has 3 aliphatic carbocycles. The minimum absolute atomic E-state index is 0.0589. The van der Waals surface area contributed by atoms with E-state index in [1.54, 1.807) is 6.20 Å². The van der Waals surface area contributed by atoms with Crippen LogP contribution in [0.1, 0.15) is 146 Å². The number of piperidine rings is 5. The molecular weight excluding hydrogens is 919 g/mol. The number of anilines is 3. The van der Waals surface area contributed by atoms with Gasteiger partial charge in [0, 0.05) is 98.1 Å². The lowest BCUT2D eigenvalue weighted by Gasteiger charge is -2.48. The van der Waals surface area contributed by atoms with Gasteiger partial charge in [0.15, 0.2) is 5.82 Å². The lowest BCUT2D eigenvalue weighted by atomic mass is 9.73. The van der Waals surface area contributed by atoms with Crippen LogP contribution in [0.4, 0.5) is 17.3 Å². The molecule has 1 aromatic carbocycles. The number of nitrogens with one attached hydrogen (secondary N) is 2. The zero-order chi connectivity index (χ0) is 49.8. The molecule has 13 rings (SSSR count). The maximum Gasteiger partial charge on any atom is 0.238 e. The fourth-order valence-corrected chi connectivity index (χ4v) is 14.2. The Morgan fingerprint density at radius 1 is 0.781 bits per heavy atom. The second kappa shape index (κ2) is 18.2. The molecule has 2 unspecified atom stereocenters. The van der Waals surface area contributed by atoms with Gasteiger partial charge in [0.25, 0.3) is 0 Å². The third-order valence-electron chi connectivity index (χ3n) is 18.9. The van der Waals surface area contributed by atoms with Crippen LogP contribution in [-0.2, 0) is 29.4 Å². The van der Waals surface area contributed by atoms with Gasteiger partial charge in [0.1, 0.15) is 11.3 Å². The van der Waals surface area contributed by atoms with Crippen LogP contribution in [0.5, 0.6) is 0 Å². The van der Waals surface area contributed by atoms with Gasteiger partial charge >= 0.3 is 0 Å². The first-order chi connectivity index (χ1) is 35.4. The van der Waals surface area contributed by atoms with Gasteiger partial charge in [-0.3, -0.25) is 29.3 Å². The van der Waals surface area contributed by atoms with Crippen molar-refractivity contribution in [3.8, 4) is 11.3 Å². The van der Waals surface area contributed by atoms with Crippen LogP contribution in [0.15, 0.2) is 48.9 Å². The van der Waals surface area contributed by atoms with Gasteiger partial charge in [0.05, 0.1) is 28.9 Å². The first-order valence-corrected chi connectivity index (χ1v) is 28.0. The zero-order valence-corrected chi connectivity index (χ0v) is 42.7. The van der Waals surface area contributed by atoms with Gasteiger partial charge in [-0.05, 0) is 153 Å². The number of benzene rings is 1. The summed E-state index contributed by atoms with van der Waals surface area (Å²) in [4.78, 5) is 94.4. The van der Waals surface area contributed by atoms with Crippen molar-refractivity contribution >= 4 is 57.9 Å². The Morgan fingerprint density at radius 2 is 1.55 bits per heavy atom. The van der Waals surface area contributed by atoms with E-state index in [2.05, 4.69) is 72.9 Å². The van der Waals surface area contributed by atoms with Crippen molar-refractivity contribution in [3.63, 3.8) is 0 Å². The van der Waals surface area contributed by atoms with Crippen molar-refractivity contribution in [3.05, 3.63) is 60.0 Å². The molecule has 3 aromatic heterocycles. The first kappa shape index (κ1) is 46.9. The van der Waals surface area contributed by atoms with E-state index in [0.29, 0.717) is 63.8 Å². The molecule has 16 heteroatoms. The summed E-state index contributed by atoms with van der Waals surface area (Å²) in [6, 6.07) is 13.9. The highest BCUT2D eigenvalue weighted by atomic mass is 16.2. The van der Waals surface area contributed by atoms with E-state index in [9.17, 15) is 19.2 Å². The SMILES string of the molecule is CC(C)n1cnc2cc(-c3ccc4c(c3)N(C3CC(N5CCCCC5)C3)C(=O)C43CCN(C(=O)C4CCN(C(=O)C5CCN(c6ccc(C7CCC(=O)NC7=O)cn6)CC5)C5(CC5)C4)CC3)nc(NC3CC3)c21. The predicted molar refractivity (Wildman–Crippen MR) is 278 cm³/mol. The minimum atomic E-state index is -0.675. The molecule has 2 atom stereocenters. The number of nitrogens with zero attached hydrogens (tertiary/aromatic N) is 9. The summed E-state index contributed by atoms with van der Waals surface area (Å²) in [7, 11) is 0. The Kier molecular flexibility index (Phi) is 11.7. The molecule has 0 radical (unpaired) electrons. The van der Waals surface area contributed by atoms with Crippen LogP contribution in [0.25, 0.3) is 22.3 Å². The minimum Gasteiger partial charge on any atom is -0.366 e. The smallest absolute Gasteiger partial charge is 0.238 e. The van der Waals surface area contributed by atoms with Crippen LogP contribution in [-0.4, -0.2) is 133 Å². The van der Waals surface area contributed by atoms with Crippen molar-refractivity contribution in [1.82, 2.24) is 39.5 Å². The third kappa shape index (κ3) is 8.28. The van der Waals surface area contributed by atoms with Crippen molar-refractivity contribution in [1.29, 1.82) is 0 Å². The van der Waals surface area contributed by atoms with E-state index in [-0.39, 0.29) is 64.9 Å². The number of hydrogen-bond donors (Lipinski definition) is 2. The molecule has 16 nitrogen and oxygen atoms in total. The number of aromatic nitrogens is 4. The molecule has 0 bridgehead atoms. The Labute approximate surface area is 428 Å². The Morgan fingerprint density at radius 3 is 2.25 bits per heavy atom. The lowest BCUT2D eigenvalue weighted by molar-refractivity contribution is -0.148.